The van der Waals surface area contributed by atoms with Crippen LogP contribution in [0.25, 0.3) is 0 Å². The number of carbonyl (C=O) groups excluding carboxylic acids is 1. The molecular weight excluding hydrogens is 243 g/mol. The lowest BCUT2D eigenvalue weighted by Crippen LogP contribution is -2.26. The molecule has 1 aromatic rings. The van der Waals surface area contributed by atoms with Gasteiger partial charge in [0.1, 0.15) is 0 Å². The zero-order chi connectivity index (χ0) is 11.5. The van der Waals surface area contributed by atoms with Gasteiger partial charge in [-0.25, -0.2) is 0 Å². The third-order valence-corrected chi connectivity index (χ3v) is 2.00. The molecule has 0 aliphatic heterocycles. The molecule has 0 aromatic heterocycles. The summed E-state index contributed by atoms with van der Waals surface area (Å²) in [6.45, 7) is 0. The molecule has 1 unspecified atom stereocenters. The zero-order valence-corrected chi connectivity index (χ0v) is 9.02. The Bertz CT molecular complexity index is 340. The molecule has 6 heteroatoms. The van der Waals surface area contributed by atoms with E-state index in [4.69, 9.17) is 5.73 Å². The van der Waals surface area contributed by atoms with Gasteiger partial charge in [0.25, 0.3) is 0 Å². The fourth-order valence-electron chi connectivity index (χ4n) is 1.31. The maximum Gasteiger partial charge on any atom is 0.396 e. The van der Waals surface area contributed by atoms with Crippen molar-refractivity contribution < 1.29 is 18.0 Å². The van der Waals surface area contributed by atoms with E-state index in [1.165, 1.54) is 24.3 Å². The molecule has 1 amide bonds. The first-order valence-electron chi connectivity index (χ1n) is 4.31. The van der Waals surface area contributed by atoms with E-state index >= 15 is 0 Å². The highest BCUT2D eigenvalue weighted by Gasteiger charge is 2.41. The van der Waals surface area contributed by atoms with Crippen molar-refractivity contribution in [1.29, 1.82) is 0 Å². The Morgan fingerprint density at radius 1 is 1.25 bits per heavy atom. The maximum absolute atomic E-state index is 12.6. The SMILES string of the molecule is Cl.NC(=O)CC(c1ccccc1)C(F)(F)F. The van der Waals surface area contributed by atoms with E-state index in [0.717, 1.165) is 0 Å². The minimum atomic E-state index is -4.45. The van der Waals surface area contributed by atoms with Crippen LogP contribution in [0.3, 0.4) is 0 Å². The Balaban J connectivity index is 0.00000225. The van der Waals surface area contributed by atoms with Gasteiger partial charge in [-0.3, -0.25) is 4.79 Å². The number of benzene rings is 1. The predicted octanol–water partition coefficient (Wildman–Crippen LogP) is 2.63. The molecule has 0 aliphatic rings. The Morgan fingerprint density at radius 3 is 2.12 bits per heavy atom. The van der Waals surface area contributed by atoms with Crippen LogP contribution >= 0.6 is 12.4 Å². The molecule has 1 rings (SSSR count). The molecule has 0 fully saturated rings. The van der Waals surface area contributed by atoms with Crippen LogP contribution in [0.15, 0.2) is 30.3 Å². The first kappa shape index (κ1) is 14.8. The van der Waals surface area contributed by atoms with Gasteiger partial charge in [0.15, 0.2) is 0 Å². The van der Waals surface area contributed by atoms with Crippen molar-refractivity contribution >= 4 is 18.3 Å². The number of alkyl halides is 3. The Kier molecular flexibility index (Phi) is 5.30. The smallest absolute Gasteiger partial charge is 0.370 e. The molecule has 16 heavy (non-hydrogen) atoms. The van der Waals surface area contributed by atoms with E-state index < -0.39 is 24.4 Å². The summed E-state index contributed by atoms with van der Waals surface area (Å²) in [5.74, 6) is -2.77. The molecule has 0 heterocycles. The van der Waals surface area contributed by atoms with E-state index in [1.807, 2.05) is 0 Å². The molecule has 2 N–H and O–H groups in total. The summed E-state index contributed by atoms with van der Waals surface area (Å²) in [4.78, 5) is 10.6. The van der Waals surface area contributed by atoms with Gasteiger partial charge in [-0.1, -0.05) is 30.3 Å². The molecule has 0 spiro atoms. The van der Waals surface area contributed by atoms with Gasteiger partial charge in [0, 0.05) is 6.42 Å². The van der Waals surface area contributed by atoms with Gasteiger partial charge in [-0.05, 0) is 5.56 Å². The second kappa shape index (κ2) is 5.75. The monoisotopic (exact) mass is 253 g/mol. The number of primary amides is 1. The minimum Gasteiger partial charge on any atom is -0.370 e. The molecule has 1 atom stereocenters. The molecule has 90 valence electrons. The van der Waals surface area contributed by atoms with E-state index in [2.05, 4.69) is 0 Å². The van der Waals surface area contributed by atoms with Crippen LogP contribution < -0.4 is 5.73 Å². The summed E-state index contributed by atoms with van der Waals surface area (Å²) in [6.07, 6.45) is -5.16. The summed E-state index contributed by atoms with van der Waals surface area (Å²) in [5, 5.41) is 0. The Labute approximate surface area is 97.0 Å². The molecular formula is C10H11ClF3NO. The lowest BCUT2D eigenvalue weighted by atomic mass is 9.95. The quantitative estimate of drug-likeness (QED) is 0.884. The third-order valence-electron chi connectivity index (χ3n) is 2.00. The largest absolute Gasteiger partial charge is 0.396 e. The number of rotatable bonds is 3. The second-order valence-corrected chi connectivity index (χ2v) is 3.18. The van der Waals surface area contributed by atoms with Crippen LogP contribution in [0.4, 0.5) is 13.2 Å². The molecule has 0 saturated carbocycles. The van der Waals surface area contributed by atoms with Gasteiger partial charge < -0.3 is 5.73 Å². The Morgan fingerprint density at radius 2 is 1.75 bits per heavy atom. The van der Waals surface area contributed by atoms with Gasteiger partial charge in [0.05, 0.1) is 5.92 Å². The highest BCUT2D eigenvalue weighted by atomic mass is 35.5. The van der Waals surface area contributed by atoms with Crippen LogP contribution in [0.2, 0.25) is 0 Å². The summed E-state index contributed by atoms with van der Waals surface area (Å²) in [6, 6.07) is 7.27. The van der Waals surface area contributed by atoms with E-state index in [1.54, 1.807) is 6.07 Å². The lowest BCUT2D eigenvalue weighted by molar-refractivity contribution is -0.156. The van der Waals surface area contributed by atoms with Gasteiger partial charge in [-0.15, -0.1) is 12.4 Å². The first-order valence-corrected chi connectivity index (χ1v) is 4.31. The fourth-order valence-corrected chi connectivity index (χ4v) is 1.31. The number of halogens is 4. The van der Waals surface area contributed by atoms with E-state index in [-0.39, 0.29) is 18.0 Å². The van der Waals surface area contributed by atoms with Crippen molar-refractivity contribution in [2.45, 2.75) is 18.5 Å². The number of hydrogen-bond acceptors (Lipinski definition) is 1. The second-order valence-electron chi connectivity index (χ2n) is 3.18. The summed E-state index contributed by atoms with van der Waals surface area (Å²) in [7, 11) is 0. The van der Waals surface area contributed by atoms with Crippen LogP contribution in [0.5, 0.6) is 0 Å². The van der Waals surface area contributed by atoms with E-state index in [9.17, 15) is 18.0 Å². The normalized spacial score (nSPS) is 12.7. The van der Waals surface area contributed by atoms with Gasteiger partial charge in [0.2, 0.25) is 5.91 Å². The average molecular weight is 254 g/mol. The predicted molar refractivity (Wildman–Crippen MR) is 56.3 cm³/mol. The molecule has 2 nitrogen and oxygen atoms in total. The van der Waals surface area contributed by atoms with Crippen molar-refractivity contribution in [2.24, 2.45) is 5.73 Å². The van der Waals surface area contributed by atoms with Crippen molar-refractivity contribution in [3.63, 3.8) is 0 Å². The number of nitrogens with two attached hydrogens (primary N) is 1. The van der Waals surface area contributed by atoms with Crippen LogP contribution in [-0.2, 0) is 4.79 Å². The van der Waals surface area contributed by atoms with Crippen molar-refractivity contribution in [3.8, 4) is 0 Å². The Hall–Kier alpha value is -1.23. The standard InChI is InChI=1S/C10H10F3NO.ClH/c11-10(12,13)8(6-9(14)15)7-4-2-1-3-5-7;/h1-5,8H,6H2,(H2,14,15);1H. The van der Waals surface area contributed by atoms with E-state index in [0.29, 0.717) is 0 Å². The van der Waals surface area contributed by atoms with Crippen LogP contribution in [-0.4, -0.2) is 12.1 Å². The summed E-state index contributed by atoms with van der Waals surface area (Å²) < 4.78 is 37.7. The maximum atomic E-state index is 12.6. The van der Waals surface area contributed by atoms with Crippen molar-refractivity contribution in [2.75, 3.05) is 0 Å². The zero-order valence-electron chi connectivity index (χ0n) is 8.20. The number of carbonyl (C=O) groups is 1. The van der Waals surface area contributed by atoms with Gasteiger partial charge >= 0.3 is 6.18 Å². The fraction of sp³-hybridized carbons (Fsp3) is 0.300. The van der Waals surface area contributed by atoms with Crippen molar-refractivity contribution in [3.05, 3.63) is 35.9 Å². The summed E-state index contributed by atoms with van der Waals surface area (Å²) >= 11 is 0. The number of hydrogen-bond donors (Lipinski definition) is 1. The minimum absolute atomic E-state index is 0. The average Bonchev–Trinajstić information content (AvgIpc) is 2.14. The molecule has 1 aromatic carbocycles. The first-order chi connectivity index (χ1) is 6.91. The summed E-state index contributed by atoms with van der Waals surface area (Å²) in [5.41, 5.74) is 4.85. The molecule has 0 saturated heterocycles. The molecule has 0 radical (unpaired) electrons. The molecule has 0 aliphatic carbocycles. The third kappa shape index (κ3) is 4.10. The molecule has 0 bridgehead atoms. The van der Waals surface area contributed by atoms with Crippen LogP contribution in [0.1, 0.15) is 17.9 Å². The lowest BCUT2D eigenvalue weighted by Gasteiger charge is -2.18. The van der Waals surface area contributed by atoms with Crippen molar-refractivity contribution in [1.82, 2.24) is 0 Å². The van der Waals surface area contributed by atoms with Crippen LogP contribution in [0, 0.1) is 0 Å². The topological polar surface area (TPSA) is 43.1 Å². The highest BCUT2D eigenvalue weighted by Crippen LogP contribution is 2.36. The highest BCUT2D eigenvalue weighted by molar-refractivity contribution is 5.85. The number of amides is 1. The van der Waals surface area contributed by atoms with Gasteiger partial charge in [-0.2, -0.15) is 13.2 Å².